The summed E-state index contributed by atoms with van der Waals surface area (Å²) < 4.78 is 93.1. The summed E-state index contributed by atoms with van der Waals surface area (Å²) in [7, 11) is -4.09. The molecular formula is C24H21F5N4O3S. The van der Waals surface area contributed by atoms with E-state index in [1.165, 1.54) is 12.1 Å². The van der Waals surface area contributed by atoms with Gasteiger partial charge in [0.15, 0.2) is 0 Å². The summed E-state index contributed by atoms with van der Waals surface area (Å²) in [6.45, 7) is 1.57. The minimum Gasteiger partial charge on any atom is -0.351 e. The van der Waals surface area contributed by atoms with E-state index in [9.17, 15) is 35.2 Å². The van der Waals surface area contributed by atoms with Gasteiger partial charge in [0, 0.05) is 36.6 Å². The molecule has 4 rings (SSSR count). The molecule has 0 spiro atoms. The van der Waals surface area contributed by atoms with Crippen LogP contribution in [0.4, 0.5) is 22.0 Å². The molecule has 1 N–H and O–H groups in total. The van der Waals surface area contributed by atoms with Crippen LogP contribution in [0.2, 0.25) is 0 Å². The van der Waals surface area contributed by atoms with Gasteiger partial charge in [0.05, 0.1) is 4.90 Å². The molecule has 1 saturated heterocycles. The van der Waals surface area contributed by atoms with Crippen molar-refractivity contribution in [2.75, 3.05) is 6.54 Å². The molecule has 0 bridgehead atoms. The number of amides is 1. The summed E-state index contributed by atoms with van der Waals surface area (Å²) in [5.41, 5.74) is 0.570. The Morgan fingerprint density at radius 2 is 1.70 bits per heavy atom. The SMILES string of the molecule is CC1C[C@@H](C(=O)NCc2cc(-c3cnc(C(F)(F)F)nc3)ccc2F)N(S(=O)(=O)c2ccc(F)cc2)C1. The van der Waals surface area contributed by atoms with Crippen molar-refractivity contribution < 1.29 is 35.2 Å². The maximum Gasteiger partial charge on any atom is 0.451 e. The number of rotatable bonds is 6. The van der Waals surface area contributed by atoms with Crippen LogP contribution in [0.25, 0.3) is 11.1 Å². The van der Waals surface area contributed by atoms with E-state index < -0.39 is 45.6 Å². The highest BCUT2D eigenvalue weighted by Gasteiger charge is 2.42. The number of nitrogens with one attached hydrogen (secondary N) is 1. The van der Waals surface area contributed by atoms with Crippen molar-refractivity contribution in [3.8, 4) is 11.1 Å². The first-order valence-corrected chi connectivity index (χ1v) is 12.5. The number of alkyl halides is 3. The van der Waals surface area contributed by atoms with Gasteiger partial charge in [0.1, 0.15) is 17.7 Å². The Morgan fingerprint density at radius 3 is 2.32 bits per heavy atom. The molecule has 7 nitrogen and oxygen atoms in total. The van der Waals surface area contributed by atoms with E-state index in [0.29, 0.717) is 5.56 Å². The second-order valence-corrected chi connectivity index (χ2v) is 10.6. The van der Waals surface area contributed by atoms with E-state index >= 15 is 0 Å². The topological polar surface area (TPSA) is 92.3 Å². The fourth-order valence-corrected chi connectivity index (χ4v) is 5.78. The van der Waals surface area contributed by atoms with Crippen LogP contribution in [0.15, 0.2) is 59.8 Å². The van der Waals surface area contributed by atoms with E-state index in [1.54, 1.807) is 6.92 Å². The Morgan fingerprint density at radius 1 is 1.05 bits per heavy atom. The molecule has 1 amide bonds. The largest absolute Gasteiger partial charge is 0.451 e. The van der Waals surface area contributed by atoms with E-state index in [0.717, 1.165) is 47.0 Å². The van der Waals surface area contributed by atoms with Gasteiger partial charge in [0.25, 0.3) is 0 Å². The standard InChI is InChI=1S/C24H21F5N4O3S/c1-14-8-21(33(13-14)37(35,36)19-5-3-18(25)4-6-19)22(34)30-10-16-9-15(2-7-20(16)26)17-11-31-23(32-12-17)24(27,28)29/h2-7,9,11-12,14,21H,8,10,13H2,1H3,(H,30,34)/t14?,21-/m0/s1. The summed E-state index contributed by atoms with van der Waals surface area (Å²) in [5, 5.41) is 2.55. The first-order chi connectivity index (χ1) is 17.4. The minimum atomic E-state index is -4.70. The smallest absolute Gasteiger partial charge is 0.351 e. The van der Waals surface area contributed by atoms with Gasteiger partial charge in [-0.25, -0.2) is 27.2 Å². The number of sulfonamides is 1. The molecule has 2 aromatic carbocycles. The quantitative estimate of drug-likeness (QED) is 0.475. The summed E-state index contributed by atoms with van der Waals surface area (Å²) in [4.78, 5) is 19.4. The average Bonchev–Trinajstić information content (AvgIpc) is 3.26. The minimum absolute atomic E-state index is 0.0322. The number of nitrogens with zero attached hydrogens (tertiary/aromatic N) is 3. The van der Waals surface area contributed by atoms with Crippen molar-refractivity contribution >= 4 is 15.9 Å². The molecule has 2 atom stereocenters. The maximum atomic E-state index is 14.4. The van der Waals surface area contributed by atoms with Crippen LogP contribution in [0.1, 0.15) is 24.7 Å². The molecule has 37 heavy (non-hydrogen) atoms. The van der Waals surface area contributed by atoms with Crippen molar-refractivity contribution in [1.82, 2.24) is 19.6 Å². The molecule has 0 aliphatic carbocycles. The average molecular weight is 541 g/mol. The molecule has 1 fully saturated rings. The molecule has 0 saturated carbocycles. The van der Waals surface area contributed by atoms with Crippen molar-refractivity contribution in [2.24, 2.45) is 5.92 Å². The first kappa shape index (κ1) is 26.6. The maximum absolute atomic E-state index is 14.4. The molecule has 13 heteroatoms. The van der Waals surface area contributed by atoms with Crippen LogP contribution in [-0.4, -0.2) is 41.2 Å². The lowest BCUT2D eigenvalue weighted by molar-refractivity contribution is -0.145. The first-order valence-electron chi connectivity index (χ1n) is 11.1. The summed E-state index contributed by atoms with van der Waals surface area (Å²) in [6, 6.07) is 6.98. The number of carbonyl (C=O) groups excluding carboxylic acids is 1. The van der Waals surface area contributed by atoms with Crippen molar-refractivity contribution in [1.29, 1.82) is 0 Å². The number of halogens is 5. The molecule has 1 aliphatic heterocycles. The van der Waals surface area contributed by atoms with E-state index in [2.05, 4.69) is 15.3 Å². The third-order valence-corrected chi connectivity index (χ3v) is 7.81. The van der Waals surface area contributed by atoms with Gasteiger partial charge < -0.3 is 5.32 Å². The zero-order valence-electron chi connectivity index (χ0n) is 19.3. The normalized spacial score (nSPS) is 18.6. The van der Waals surface area contributed by atoms with Crippen LogP contribution in [0, 0.1) is 17.6 Å². The van der Waals surface area contributed by atoms with Crippen molar-refractivity contribution in [3.05, 3.63) is 77.9 Å². The number of benzene rings is 2. The van der Waals surface area contributed by atoms with Gasteiger partial charge in [0.2, 0.25) is 21.8 Å². The highest BCUT2D eigenvalue weighted by molar-refractivity contribution is 7.89. The van der Waals surface area contributed by atoms with Crippen LogP contribution >= 0.6 is 0 Å². The van der Waals surface area contributed by atoms with Gasteiger partial charge in [-0.05, 0) is 54.3 Å². The number of carbonyl (C=O) groups is 1. The predicted molar refractivity (Wildman–Crippen MR) is 122 cm³/mol. The Bertz CT molecular complexity index is 1400. The molecule has 1 aromatic heterocycles. The lowest BCUT2D eigenvalue weighted by Crippen LogP contribution is -2.45. The molecule has 3 aromatic rings. The van der Waals surface area contributed by atoms with Crippen molar-refractivity contribution in [2.45, 2.75) is 37.0 Å². The van der Waals surface area contributed by atoms with Crippen LogP contribution in [0.5, 0.6) is 0 Å². The third kappa shape index (κ3) is 5.77. The van der Waals surface area contributed by atoms with Crippen LogP contribution in [-0.2, 0) is 27.5 Å². The summed E-state index contributed by atoms with van der Waals surface area (Å²) >= 11 is 0. The van der Waals surface area contributed by atoms with Crippen molar-refractivity contribution in [3.63, 3.8) is 0 Å². The Balaban J connectivity index is 1.50. The molecule has 0 radical (unpaired) electrons. The molecule has 196 valence electrons. The Hall–Kier alpha value is -3.45. The fourth-order valence-electron chi connectivity index (χ4n) is 4.07. The van der Waals surface area contributed by atoms with E-state index in [4.69, 9.17) is 0 Å². The second kappa shape index (κ2) is 10.1. The summed E-state index contributed by atoms with van der Waals surface area (Å²) in [5.74, 6) is -3.36. The molecule has 1 unspecified atom stereocenters. The lowest BCUT2D eigenvalue weighted by atomic mass is 10.0. The molecule has 2 heterocycles. The van der Waals surface area contributed by atoms with Gasteiger partial charge in [-0.1, -0.05) is 13.0 Å². The number of hydrogen-bond acceptors (Lipinski definition) is 5. The van der Waals surface area contributed by atoms with E-state index in [-0.39, 0.29) is 41.5 Å². The monoisotopic (exact) mass is 540 g/mol. The molecule has 1 aliphatic rings. The summed E-state index contributed by atoms with van der Waals surface area (Å²) in [6.07, 6.45) is -2.54. The van der Waals surface area contributed by atoms with E-state index in [1.807, 2.05) is 0 Å². The Kier molecular flexibility index (Phi) is 7.29. The Labute approximate surface area is 209 Å². The third-order valence-electron chi connectivity index (χ3n) is 5.93. The lowest BCUT2D eigenvalue weighted by Gasteiger charge is -2.23. The zero-order chi connectivity index (χ0) is 27.0. The molecular weight excluding hydrogens is 519 g/mol. The van der Waals surface area contributed by atoms with Gasteiger partial charge in [-0.3, -0.25) is 4.79 Å². The number of hydrogen-bond donors (Lipinski definition) is 1. The number of aromatic nitrogens is 2. The van der Waals surface area contributed by atoms with Gasteiger partial charge in [-0.15, -0.1) is 0 Å². The van der Waals surface area contributed by atoms with Gasteiger partial charge in [-0.2, -0.15) is 17.5 Å². The second-order valence-electron chi connectivity index (χ2n) is 8.70. The highest BCUT2D eigenvalue weighted by Crippen LogP contribution is 2.30. The highest BCUT2D eigenvalue weighted by atomic mass is 32.2. The van der Waals surface area contributed by atoms with Crippen LogP contribution in [0.3, 0.4) is 0 Å². The van der Waals surface area contributed by atoms with Gasteiger partial charge >= 0.3 is 6.18 Å². The van der Waals surface area contributed by atoms with Crippen LogP contribution < -0.4 is 5.32 Å². The fraction of sp³-hybridized carbons (Fsp3) is 0.292. The predicted octanol–water partition coefficient (Wildman–Crippen LogP) is 4.16. The zero-order valence-corrected chi connectivity index (χ0v) is 20.2.